The topological polar surface area (TPSA) is 75.7 Å². The molecule has 0 bridgehead atoms. The van der Waals surface area contributed by atoms with E-state index < -0.39 is 16.1 Å². The van der Waals surface area contributed by atoms with E-state index >= 15 is 0 Å². The van der Waals surface area contributed by atoms with Gasteiger partial charge in [0.15, 0.2) is 0 Å². The van der Waals surface area contributed by atoms with E-state index in [-0.39, 0.29) is 24.1 Å². The van der Waals surface area contributed by atoms with Gasteiger partial charge in [0.2, 0.25) is 15.9 Å². The first-order valence-electron chi connectivity index (χ1n) is 10.1. The Hall–Kier alpha value is -2.25. The Morgan fingerprint density at radius 3 is 2.29 bits per heavy atom. The van der Waals surface area contributed by atoms with Gasteiger partial charge in [0.1, 0.15) is 11.8 Å². The molecule has 2 aromatic rings. The molecule has 1 amide bonds. The number of amides is 1. The summed E-state index contributed by atoms with van der Waals surface area (Å²) in [4.78, 5) is 13.3. The molecule has 31 heavy (non-hydrogen) atoms. The van der Waals surface area contributed by atoms with Gasteiger partial charge in [0.05, 0.1) is 25.1 Å². The van der Waals surface area contributed by atoms with Crippen LogP contribution < -0.4 is 14.4 Å². The number of methoxy groups -OCH3 is 1. The van der Waals surface area contributed by atoms with Crippen molar-refractivity contribution in [3.05, 3.63) is 57.6 Å². The van der Waals surface area contributed by atoms with Gasteiger partial charge in [-0.3, -0.25) is 9.10 Å². The number of hydrogen-bond donors (Lipinski definition) is 1. The van der Waals surface area contributed by atoms with Crippen LogP contribution in [0.2, 0.25) is 5.02 Å². The summed E-state index contributed by atoms with van der Waals surface area (Å²) in [6.07, 6.45) is 1.34. The van der Waals surface area contributed by atoms with Gasteiger partial charge in [-0.05, 0) is 74.6 Å². The SMILES string of the molecule is CC[C@@H](C(=O)N[C@@H](C)c1cc(C)c(C)cc1C)N(c1cc(Cl)ccc1OC)S(C)(=O)=O. The van der Waals surface area contributed by atoms with E-state index in [4.69, 9.17) is 16.3 Å². The molecule has 0 aliphatic carbocycles. The lowest BCUT2D eigenvalue weighted by molar-refractivity contribution is -0.122. The molecule has 0 unspecified atom stereocenters. The molecule has 0 aliphatic heterocycles. The quantitative estimate of drug-likeness (QED) is 0.612. The van der Waals surface area contributed by atoms with Crippen LogP contribution in [0, 0.1) is 20.8 Å². The van der Waals surface area contributed by atoms with Crippen LogP contribution in [0.5, 0.6) is 5.75 Å². The van der Waals surface area contributed by atoms with Crippen molar-refractivity contribution in [3.8, 4) is 5.75 Å². The Balaban J connectivity index is 2.44. The first-order chi connectivity index (χ1) is 14.4. The fourth-order valence-corrected chi connectivity index (χ4v) is 5.08. The first-order valence-corrected chi connectivity index (χ1v) is 12.3. The van der Waals surface area contributed by atoms with Crippen molar-refractivity contribution in [2.45, 2.75) is 53.1 Å². The summed E-state index contributed by atoms with van der Waals surface area (Å²) in [7, 11) is -2.37. The third-order valence-corrected chi connectivity index (χ3v) is 6.82. The van der Waals surface area contributed by atoms with Crippen LogP contribution >= 0.6 is 11.6 Å². The van der Waals surface area contributed by atoms with E-state index in [1.54, 1.807) is 19.1 Å². The van der Waals surface area contributed by atoms with Crippen molar-refractivity contribution >= 4 is 33.2 Å². The molecule has 0 saturated carbocycles. The predicted octanol–water partition coefficient (Wildman–Crippen LogP) is 4.70. The minimum atomic E-state index is -3.81. The number of anilines is 1. The molecule has 170 valence electrons. The molecule has 0 saturated heterocycles. The van der Waals surface area contributed by atoms with Gasteiger partial charge in [-0.1, -0.05) is 30.7 Å². The van der Waals surface area contributed by atoms with Gasteiger partial charge >= 0.3 is 0 Å². The van der Waals surface area contributed by atoms with Gasteiger partial charge in [-0.25, -0.2) is 8.42 Å². The number of ether oxygens (including phenoxy) is 1. The summed E-state index contributed by atoms with van der Waals surface area (Å²) in [6.45, 7) is 9.74. The van der Waals surface area contributed by atoms with Gasteiger partial charge < -0.3 is 10.1 Å². The molecule has 6 nitrogen and oxygen atoms in total. The van der Waals surface area contributed by atoms with E-state index in [0.717, 1.165) is 27.3 Å². The Bertz CT molecular complexity index is 1070. The highest BCUT2D eigenvalue weighted by Crippen LogP contribution is 2.35. The van der Waals surface area contributed by atoms with Crippen molar-refractivity contribution in [2.24, 2.45) is 0 Å². The van der Waals surface area contributed by atoms with Crippen LogP contribution in [0.1, 0.15) is 48.6 Å². The zero-order valence-electron chi connectivity index (χ0n) is 19.1. The van der Waals surface area contributed by atoms with Crippen molar-refractivity contribution in [2.75, 3.05) is 17.7 Å². The molecule has 0 spiro atoms. The minimum absolute atomic E-state index is 0.231. The molecule has 0 heterocycles. The summed E-state index contributed by atoms with van der Waals surface area (Å²) >= 11 is 6.13. The molecular formula is C23H31ClN2O4S. The maximum atomic E-state index is 13.3. The summed E-state index contributed by atoms with van der Waals surface area (Å²) in [5.74, 6) is -0.0702. The fraction of sp³-hybridized carbons (Fsp3) is 0.435. The number of nitrogens with zero attached hydrogens (tertiary/aromatic N) is 1. The third-order valence-electron chi connectivity index (χ3n) is 5.42. The van der Waals surface area contributed by atoms with Gasteiger partial charge in [0, 0.05) is 5.02 Å². The van der Waals surface area contributed by atoms with E-state index in [1.807, 2.05) is 27.7 Å². The van der Waals surface area contributed by atoms with Crippen molar-refractivity contribution in [3.63, 3.8) is 0 Å². The summed E-state index contributed by atoms with van der Waals surface area (Å²) in [5, 5.41) is 3.34. The van der Waals surface area contributed by atoms with Crippen LogP contribution in [0.25, 0.3) is 0 Å². The van der Waals surface area contributed by atoms with Gasteiger partial charge in [-0.15, -0.1) is 0 Å². The Labute approximate surface area is 190 Å². The predicted molar refractivity (Wildman–Crippen MR) is 127 cm³/mol. The van der Waals surface area contributed by atoms with Crippen LogP contribution in [-0.4, -0.2) is 33.7 Å². The van der Waals surface area contributed by atoms with E-state index in [2.05, 4.69) is 17.4 Å². The zero-order chi connectivity index (χ0) is 23.5. The molecule has 0 aromatic heterocycles. The normalized spacial score (nSPS) is 13.4. The lowest BCUT2D eigenvalue weighted by Gasteiger charge is -2.32. The molecule has 0 fully saturated rings. The van der Waals surface area contributed by atoms with E-state index in [0.29, 0.717) is 10.8 Å². The third kappa shape index (κ3) is 5.71. The Kier molecular flexibility index (Phi) is 8.00. The van der Waals surface area contributed by atoms with Crippen LogP contribution in [0.3, 0.4) is 0 Å². The lowest BCUT2D eigenvalue weighted by atomic mass is 9.96. The highest BCUT2D eigenvalue weighted by Gasteiger charge is 2.34. The number of aryl methyl sites for hydroxylation is 3. The van der Waals surface area contributed by atoms with Crippen LogP contribution in [0.4, 0.5) is 5.69 Å². The Morgan fingerprint density at radius 2 is 1.74 bits per heavy atom. The maximum Gasteiger partial charge on any atom is 0.244 e. The Morgan fingerprint density at radius 1 is 1.13 bits per heavy atom. The van der Waals surface area contributed by atoms with Crippen molar-refractivity contribution in [1.82, 2.24) is 5.32 Å². The molecule has 0 radical (unpaired) electrons. The fourth-order valence-electron chi connectivity index (χ4n) is 3.71. The largest absolute Gasteiger partial charge is 0.495 e. The number of carbonyl (C=O) groups is 1. The second-order valence-corrected chi connectivity index (χ2v) is 10.1. The number of hydrogen-bond acceptors (Lipinski definition) is 4. The number of rotatable bonds is 8. The van der Waals surface area contributed by atoms with Crippen molar-refractivity contribution < 1.29 is 17.9 Å². The summed E-state index contributed by atoms with van der Waals surface area (Å²) in [6, 6.07) is 7.58. The number of benzene rings is 2. The smallest absolute Gasteiger partial charge is 0.244 e. The van der Waals surface area contributed by atoms with Crippen LogP contribution in [0.15, 0.2) is 30.3 Å². The number of nitrogens with one attached hydrogen (secondary N) is 1. The van der Waals surface area contributed by atoms with E-state index in [9.17, 15) is 13.2 Å². The van der Waals surface area contributed by atoms with E-state index in [1.165, 1.54) is 18.7 Å². The molecule has 2 atom stereocenters. The van der Waals surface area contributed by atoms with Crippen molar-refractivity contribution in [1.29, 1.82) is 0 Å². The molecule has 2 rings (SSSR count). The standard InChI is InChI=1S/C23H31ClN2O4S/c1-8-20(23(27)25-17(5)19-12-15(3)14(2)11-16(19)4)26(31(7,28)29)21-13-18(24)9-10-22(21)30-6/h9-13,17,20H,8H2,1-7H3,(H,25,27)/t17-,20-/m0/s1. The summed E-state index contributed by atoms with van der Waals surface area (Å²) in [5.41, 5.74) is 4.62. The molecule has 1 N–H and O–H groups in total. The monoisotopic (exact) mass is 466 g/mol. The average molecular weight is 467 g/mol. The highest BCUT2D eigenvalue weighted by molar-refractivity contribution is 7.92. The maximum absolute atomic E-state index is 13.3. The van der Waals surface area contributed by atoms with Gasteiger partial charge in [-0.2, -0.15) is 0 Å². The number of carbonyl (C=O) groups excluding carboxylic acids is 1. The molecule has 8 heteroatoms. The molecule has 2 aromatic carbocycles. The average Bonchev–Trinajstić information content (AvgIpc) is 2.67. The second-order valence-electron chi connectivity index (χ2n) is 7.82. The summed E-state index contributed by atoms with van der Waals surface area (Å²) < 4.78 is 31.9. The number of halogens is 1. The zero-order valence-corrected chi connectivity index (χ0v) is 20.7. The lowest BCUT2D eigenvalue weighted by Crippen LogP contribution is -2.50. The second kappa shape index (κ2) is 9.92. The first kappa shape index (κ1) is 25.0. The highest BCUT2D eigenvalue weighted by atomic mass is 35.5. The molecule has 0 aliphatic rings. The van der Waals surface area contributed by atoms with Crippen LogP contribution in [-0.2, 0) is 14.8 Å². The number of sulfonamides is 1. The minimum Gasteiger partial charge on any atom is -0.495 e. The molecular weight excluding hydrogens is 436 g/mol. The van der Waals surface area contributed by atoms with Gasteiger partial charge in [0.25, 0.3) is 0 Å².